The third-order valence-electron chi connectivity index (χ3n) is 5.00. The number of hydrogen-bond donors (Lipinski definition) is 1. The molecule has 2 N–H and O–H groups in total. The molecule has 0 bridgehead atoms. The summed E-state index contributed by atoms with van der Waals surface area (Å²) >= 11 is 5.30. The van der Waals surface area contributed by atoms with Gasteiger partial charge < -0.3 is 10.6 Å². The summed E-state index contributed by atoms with van der Waals surface area (Å²) in [6.45, 7) is 7.95. The Hall–Kier alpha value is -0.930. The summed E-state index contributed by atoms with van der Waals surface area (Å²) in [6.07, 6.45) is 3.84. The molecule has 2 rings (SSSR count). The first kappa shape index (κ1) is 15.5. The van der Waals surface area contributed by atoms with Crippen LogP contribution >= 0.6 is 12.2 Å². The molecule has 0 aliphatic carbocycles. The van der Waals surface area contributed by atoms with Crippen LogP contribution in [0.4, 0.5) is 0 Å². The lowest BCUT2D eigenvalue weighted by Gasteiger charge is -2.28. The van der Waals surface area contributed by atoms with E-state index in [1.807, 2.05) is 6.07 Å². The molecule has 1 fully saturated rings. The van der Waals surface area contributed by atoms with Crippen LogP contribution in [-0.2, 0) is 0 Å². The van der Waals surface area contributed by atoms with Gasteiger partial charge >= 0.3 is 0 Å². The molecule has 1 aliphatic rings. The van der Waals surface area contributed by atoms with Crippen molar-refractivity contribution in [2.45, 2.75) is 39.0 Å². The molecule has 3 heteroatoms. The SMILES string of the molecule is CCC1(CC)CCN(CC(C(N)=S)c2ccccc2)C1. The molecule has 1 unspecified atom stereocenters. The third kappa shape index (κ3) is 3.39. The molecule has 1 saturated heterocycles. The standard InChI is InChI=1S/C17H26N2S/c1-3-17(4-2)10-11-19(13-17)12-15(16(18)20)14-8-6-5-7-9-14/h5-9,15H,3-4,10-13H2,1-2H3,(H2,18,20). The molecule has 2 nitrogen and oxygen atoms in total. The topological polar surface area (TPSA) is 29.3 Å². The molecule has 0 aromatic heterocycles. The van der Waals surface area contributed by atoms with Crippen LogP contribution in [0.2, 0.25) is 0 Å². The highest BCUT2D eigenvalue weighted by atomic mass is 32.1. The fourth-order valence-electron chi connectivity index (χ4n) is 3.31. The van der Waals surface area contributed by atoms with E-state index in [4.69, 9.17) is 18.0 Å². The van der Waals surface area contributed by atoms with Crippen LogP contribution in [0.25, 0.3) is 0 Å². The van der Waals surface area contributed by atoms with E-state index in [1.54, 1.807) is 0 Å². The van der Waals surface area contributed by atoms with Crippen LogP contribution < -0.4 is 5.73 Å². The summed E-state index contributed by atoms with van der Waals surface area (Å²) in [5.41, 5.74) is 7.74. The third-order valence-corrected chi connectivity index (χ3v) is 5.29. The summed E-state index contributed by atoms with van der Waals surface area (Å²) in [4.78, 5) is 3.16. The van der Waals surface area contributed by atoms with Crippen molar-refractivity contribution >= 4 is 17.2 Å². The fourth-order valence-corrected chi connectivity index (χ4v) is 3.52. The first-order valence-corrected chi connectivity index (χ1v) is 8.07. The maximum Gasteiger partial charge on any atom is 0.0816 e. The highest BCUT2D eigenvalue weighted by Crippen LogP contribution is 2.37. The second-order valence-corrected chi connectivity index (χ2v) is 6.53. The molecule has 0 amide bonds. The van der Waals surface area contributed by atoms with Crippen molar-refractivity contribution in [2.24, 2.45) is 11.1 Å². The highest BCUT2D eigenvalue weighted by Gasteiger charge is 2.35. The normalized spacial score (nSPS) is 19.9. The summed E-state index contributed by atoms with van der Waals surface area (Å²) < 4.78 is 0. The maximum absolute atomic E-state index is 5.98. The molecule has 20 heavy (non-hydrogen) atoms. The van der Waals surface area contributed by atoms with Crippen molar-refractivity contribution in [1.82, 2.24) is 4.90 Å². The van der Waals surface area contributed by atoms with Gasteiger partial charge in [-0.1, -0.05) is 56.4 Å². The quantitative estimate of drug-likeness (QED) is 0.812. The average molecular weight is 290 g/mol. The summed E-state index contributed by atoms with van der Waals surface area (Å²) in [5.74, 6) is 0.177. The number of thiocarbonyl (C=S) groups is 1. The summed E-state index contributed by atoms with van der Waals surface area (Å²) in [7, 11) is 0. The van der Waals surface area contributed by atoms with Crippen molar-refractivity contribution in [3.05, 3.63) is 35.9 Å². The fraction of sp³-hybridized carbons (Fsp3) is 0.588. The van der Waals surface area contributed by atoms with Gasteiger partial charge in [-0.05, 0) is 36.8 Å². The Morgan fingerprint density at radius 3 is 2.45 bits per heavy atom. The van der Waals surface area contributed by atoms with Gasteiger partial charge in [-0.2, -0.15) is 0 Å². The van der Waals surface area contributed by atoms with Crippen LogP contribution in [0, 0.1) is 5.41 Å². The lowest BCUT2D eigenvalue weighted by molar-refractivity contribution is 0.239. The number of rotatable bonds is 6. The van der Waals surface area contributed by atoms with E-state index in [1.165, 1.54) is 37.9 Å². The van der Waals surface area contributed by atoms with Gasteiger partial charge in [0.1, 0.15) is 0 Å². The number of likely N-dealkylation sites (tertiary alicyclic amines) is 1. The molecule has 0 radical (unpaired) electrons. The second kappa shape index (κ2) is 6.68. The van der Waals surface area contributed by atoms with Crippen LogP contribution in [0.15, 0.2) is 30.3 Å². The van der Waals surface area contributed by atoms with Crippen molar-refractivity contribution in [3.63, 3.8) is 0 Å². The molecule has 1 atom stereocenters. The van der Waals surface area contributed by atoms with Gasteiger partial charge in [0, 0.05) is 19.0 Å². The van der Waals surface area contributed by atoms with Crippen LogP contribution in [0.5, 0.6) is 0 Å². The van der Waals surface area contributed by atoms with Crippen molar-refractivity contribution in [1.29, 1.82) is 0 Å². The van der Waals surface area contributed by atoms with E-state index in [0.29, 0.717) is 10.4 Å². The van der Waals surface area contributed by atoms with Gasteiger partial charge in [0.05, 0.1) is 4.99 Å². The Kier molecular flexibility index (Phi) is 5.17. The van der Waals surface area contributed by atoms with E-state index < -0.39 is 0 Å². The number of nitrogens with two attached hydrogens (primary N) is 1. The molecular weight excluding hydrogens is 264 g/mol. The van der Waals surface area contributed by atoms with Gasteiger partial charge in [0.25, 0.3) is 0 Å². The molecule has 0 spiro atoms. The summed E-state index contributed by atoms with van der Waals surface area (Å²) in [5, 5.41) is 0. The Bertz CT molecular complexity index is 440. The molecule has 1 aromatic rings. The molecule has 1 aromatic carbocycles. The second-order valence-electron chi connectivity index (χ2n) is 6.06. The number of nitrogens with zero attached hydrogens (tertiary/aromatic N) is 1. The molecule has 110 valence electrons. The number of benzene rings is 1. The van der Waals surface area contributed by atoms with Crippen molar-refractivity contribution in [2.75, 3.05) is 19.6 Å². The lowest BCUT2D eigenvalue weighted by atomic mass is 9.82. The van der Waals surface area contributed by atoms with Crippen LogP contribution in [-0.4, -0.2) is 29.5 Å². The summed E-state index contributed by atoms with van der Waals surface area (Å²) in [6, 6.07) is 10.4. The molecule has 1 heterocycles. The predicted octanol–water partition coefficient (Wildman–Crippen LogP) is 3.57. The Labute approximate surface area is 128 Å². The van der Waals surface area contributed by atoms with Crippen LogP contribution in [0.3, 0.4) is 0 Å². The Balaban J connectivity index is 2.06. The van der Waals surface area contributed by atoms with E-state index in [0.717, 1.165) is 6.54 Å². The minimum absolute atomic E-state index is 0.177. The highest BCUT2D eigenvalue weighted by molar-refractivity contribution is 7.80. The Morgan fingerprint density at radius 1 is 1.30 bits per heavy atom. The zero-order chi connectivity index (χ0) is 14.6. The minimum atomic E-state index is 0.177. The monoisotopic (exact) mass is 290 g/mol. The maximum atomic E-state index is 5.98. The predicted molar refractivity (Wildman–Crippen MR) is 90.0 cm³/mol. The molecule has 0 saturated carbocycles. The zero-order valence-electron chi connectivity index (χ0n) is 12.6. The first-order valence-electron chi connectivity index (χ1n) is 7.67. The zero-order valence-corrected chi connectivity index (χ0v) is 13.5. The largest absolute Gasteiger partial charge is 0.393 e. The van der Waals surface area contributed by atoms with E-state index in [9.17, 15) is 0 Å². The molecular formula is C17H26N2S. The van der Waals surface area contributed by atoms with Gasteiger partial charge in [0.15, 0.2) is 0 Å². The lowest BCUT2D eigenvalue weighted by Crippen LogP contribution is -2.34. The smallest absolute Gasteiger partial charge is 0.0816 e. The first-order chi connectivity index (χ1) is 9.60. The Morgan fingerprint density at radius 2 is 1.95 bits per heavy atom. The van der Waals surface area contributed by atoms with Gasteiger partial charge in [-0.3, -0.25) is 0 Å². The number of hydrogen-bond acceptors (Lipinski definition) is 2. The van der Waals surface area contributed by atoms with E-state index >= 15 is 0 Å². The average Bonchev–Trinajstić information content (AvgIpc) is 2.89. The minimum Gasteiger partial charge on any atom is -0.393 e. The van der Waals surface area contributed by atoms with E-state index in [2.05, 4.69) is 43.0 Å². The van der Waals surface area contributed by atoms with Gasteiger partial charge in [0.2, 0.25) is 0 Å². The van der Waals surface area contributed by atoms with Crippen molar-refractivity contribution in [3.8, 4) is 0 Å². The van der Waals surface area contributed by atoms with E-state index in [-0.39, 0.29) is 5.92 Å². The van der Waals surface area contributed by atoms with Gasteiger partial charge in [-0.15, -0.1) is 0 Å². The van der Waals surface area contributed by atoms with Gasteiger partial charge in [-0.25, -0.2) is 0 Å². The van der Waals surface area contributed by atoms with Crippen LogP contribution in [0.1, 0.15) is 44.6 Å². The van der Waals surface area contributed by atoms with Crippen molar-refractivity contribution < 1.29 is 0 Å². The molecule has 1 aliphatic heterocycles.